The summed E-state index contributed by atoms with van der Waals surface area (Å²) in [5, 5.41) is 9.16. The molecule has 0 fully saturated rings. The van der Waals surface area contributed by atoms with Crippen LogP contribution in [0.2, 0.25) is 0 Å². The average molecular weight is 354 g/mol. The Balaban J connectivity index is 1.77. The standard InChI is InChI=1S/C23H18N2O2/c24-13-18-7-4-8-19(11-18)20-9-10-21-15-27-16-23(26)25(22(21)12-20)14-17-5-2-1-3-6-17/h1-12H,14-16H2. The van der Waals surface area contributed by atoms with Crippen LogP contribution >= 0.6 is 0 Å². The number of fused-ring (bicyclic) bond motifs is 1. The summed E-state index contributed by atoms with van der Waals surface area (Å²) in [5.41, 5.74) is 5.45. The van der Waals surface area contributed by atoms with Crippen molar-refractivity contribution in [3.8, 4) is 17.2 Å². The normalized spacial score (nSPS) is 13.6. The summed E-state index contributed by atoms with van der Waals surface area (Å²) < 4.78 is 5.55. The lowest BCUT2D eigenvalue weighted by atomic mass is 10.00. The van der Waals surface area contributed by atoms with Gasteiger partial charge in [0.15, 0.2) is 0 Å². The van der Waals surface area contributed by atoms with Crippen LogP contribution in [0.1, 0.15) is 16.7 Å². The fraction of sp³-hybridized carbons (Fsp3) is 0.130. The predicted octanol–water partition coefficient (Wildman–Crippen LogP) is 4.29. The minimum absolute atomic E-state index is 0.0551. The third kappa shape index (κ3) is 3.59. The minimum atomic E-state index is -0.0551. The van der Waals surface area contributed by atoms with E-state index >= 15 is 0 Å². The van der Waals surface area contributed by atoms with Crippen LogP contribution in [0.25, 0.3) is 11.1 Å². The summed E-state index contributed by atoms with van der Waals surface area (Å²) in [5.74, 6) is -0.0551. The zero-order valence-corrected chi connectivity index (χ0v) is 14.8. The van der Waals surface area contributed by atoms with Gasteiger partial charge in [-0.3, -0.25) is 4.79 Å². The lowest BCUT2D eigenvalue weighted by Crippen LogP contribution is -2.32. The molecule has 4 heteroatoms. The molecule has 0 saturated heterocycles. The van der Waals surface area contributed by atoms with Crippen LogP contribution in [-0.4, -0.2) is 12.5 Å². The molecule has 1 amide bonds. The zero-order chi connectivity index (χ0) is 18.6. The lowest BCUT2D eigenvalue weighted by Gasteiger charge is -2.23. The van der Waals surface area contributed by atoms with Gasteiger partial charge >= 0.3 is 0 Å². The number of amides is 1. The van der Waals surface area contributed by atoms with Crippen molar-refractivity contribution in [2.75, 3.05) is 11.5 Å². The van der Waals surface area contributed by atoms with Crippen molar-refractivity contribution >= 4 is 11.6 Å². The number of anilines is 1. The highest BCUT2D eigenvalue weighted by Gasteiger charge is 2.23. The zero-order valence-electron chi connectivity index (χ0n) is 14.8. The number of nitrogens with zero attached hydrogens (tertiary/aromatic N) is 2. The fourth-order valence-electron chi connectivity index (χ4n) is 3.28. The highest BCUT2D eigenvalue weighted by Crippen LogP contribution is 2.32. The summed E-state index contributed by atoms with van der Waals surface area (Å²) in [4.78, 5) is 14.5. The van der Waals surface area contributed by atoms with E-state index in [0.717, 1.165) is 27.9 Å². The Morgan fingerprint density at radius 2 is 1.74 bits per heavy atom. The van der Waals surface area contributed by atoms with Crippen molar-refractivity contribution in [1.82, 2.24) is 0 Å². The Bertz CT molecular complexity index is 1020. The van der Waals surface area contributed by atoms with Gasteiger partial charge in [-0.25, -0.2) is 0 Å². The second kappa shape index (κ2) is 7.45. The highest BCUT2D eigenvalue weighted by atomic mass is 16.5. The number of hydrogen-bond acceptors (Lipinski definition) is 3. The monoisotopic (exact) mass is 354 g/mol. The number of hydrogen-bond donors (Lipinski definition) is 0. The maximum atomic E-state index is 12.7. The third-order valence-corrected chi connectivity index (χ3v) is 4.67. The maximum absolute atomic E-state index is 12.7. The van der Waals surface area contributed by atoms with Crippen molar-refractivity contribution in [2.45, 2.75) is 13.2 Å². The molecular formula is C23H18N2O2. The third-order valence-electron chi connectivity index (χ3n) is 4.67. The van der Waals surface area contributed by atoms with Crippen molar-refractivity contribution in [3.05, 3.63) is 89.5 Å². The van der Waals surface area contributed by atoms with E-state index in [1.165, 1.54) is 0 Å². The molecule has 27 heavy (non-hydrogen) atoms. The molecule has 3 aromatic carbocycles. The molecule has 0 unspecified atom stereocenters. The topological polar surface area (TPSA) is 53.3 Å². The number of rotatable bonds is 3. The first-order valence-electron chi connectivity index (χ1n) is 8.80. The molecule has 0 saturated carbocycles. The molecule has 132 valence electrons. The number of nitriles is 1. The van der Waals surface area contributed by atoms with Crippen LogP contribution in [0.15, 0.2) is 72.8 Å². The molecule has 4 nitrogen and oxygen atoms in total. The molecule has 0 radical (unpaired) electrons. The summed E-state index contributed by atoms with van der Waals surface area (Å²) in [6.45, 7) is 0.976. The van der Waals surface area contributed by atoms with Gasteiger partial charge in [0.25, 0.3) is 5.91 Å². The minimum Gasteiger partial charge on any atom is -0.367 e. The van der Waals surface area contributed by atoms with Gasteiger partial charge in [0.2, 0.25) is 0 Å². The number of ether oxygens (including phenoxy) is 1. The first-order valence-corrected chi connectivity index (χ1v) is 8.80. The smallest absolute Gasteiger partial charge is 0.253 e. The molecule has 0 bridgehead atoms. The average Bonchev–Trinajstić information content (AvgIpc) is 2.87. The quantitative estimate of drug-likeness (QED) is 0.705. The van der Waals surface area contributed by atoms with Gasteiger partial charge in [-0.15, -0.1) is 0 Å². The molecule has 0 aliphatic carbocycles. The van der Waals surface area contributed by atoms with Gasteiger partial charge in [-0.2, -0.15) is 5.26 Å². The predicted molar refractivity (Wildman–Crippen MR) is 104 cm³/mol. The van der Waals surface area contributed by atoms with Crippen molar-refractivity contribution in [1.29, 1.82) is 5.26 Å². The van der Waals surface area contributed by atoms with Gasteiger partial charge in [0.05, 0.1) is 30.5 Å². The molecule has 0 atom stereocenters. The Kier molecular flexibility index (Phi) is 4.69. The van der Waals surface area contributed by atoms with E-state index in [1.807, 2.05) is 66.7 Å². The lowest BCUT2D eigenvalue weighted by molar-refractivity contribution is -0.123. The molecule has 1 aliphatic rings. The van der Waals surface area contributed by atoms with Crippen LogP contribution in [0.3, 0.4) is 0 Å². The molecule has 1 heterocycles. The van der Waals surface area contributed by atoms with Crippen molar-refractivity contribution < 1.29 is 9.53 Å². The van der Waals surface area contributed by atoms with Gasteiger partial charge in [-0.05, 0) is 34.9 Å². The van der Waals surface area contributed by atoms with Crippen LogP contribution in [0.4, 0.5) is 5.69 Å². The van der Waals surface area contributed by atoms with E-state index in [0.29, 0.717) is 18.7 Å². The molecule has 3 aromatic rings. The first kappa shape index (κ1) is 17.0. The van der Waals surface area contributed by atoms with Crippen molar-refractivity contribution in [2.24, 2.45) is 0 Å². The van der Waals surface area contributed by atoms with Crippen molar-refractivity contribution in [3.63, 3.8) is 0 Å². The Labute approximate surface area is 158 Å². The molecule has 0 aromatic heterocycles. The SMILES string of the molecule is N#Cc1cccc(-c2ccc3c(c2)N(Cc2ccccc2)C(=O)COC3)c1. The van der Waals surface area contributed by atoms with Gasteiger partial charge < -0.3 is 9.64 Å². The molecular weight excluding hydrogens is 336 g/mol. The second-order valence-electron chi connectivity index (χ2n) is 6.49. The summed E-state index contributed by atoms with van der Waals surface area (Å²) >= 11 is 0. The molecule has 1 aliphatic heterocycles. The van der Waals surface area contributed by atoms with Crippen LogP contribution in [0, 0.1) is 11.3 Å². The molecule has 0 spiro atoms. The maximum Gasteiger partial charge on any atom is 0.253 e. The van der Waals surface area contributed by atoms with E-state index in [-0.39, 0.29) is 12.5 Å². The molecule has 4 rings (SSSR count). The van der Waals surface area contributed by atoms with Gasteiger partial charge in [0.1, 0.15) is 6.61 Å². The summed E-state index contributed by atoms with van der Waals surface area (Å²) in [7, 11) is 0. The van der Waals surface area contributed by atoms with Gasteiger partial charge in [0, 0.05) is 5.56 Å². The Morgan fingerprint density at radius 3 is 2.56 bits per heavy atom. The second-order valence-corrected chi connectivity index (χ2v) is 6.49. The van der Waals surface area contributed by atoms with E-state index in [4.69, 9.17) is 10.00 Å². The van der Waals surface area contributed by atoms with Crippen LogP contribution in [-0.2, 0) is 22.7 Å². The fourth-order valence-corrected chi connectivity index (χ4v) is 3.28. The summed E-state index contributed by atoms with van der Waals surface area (Å²) in [6.07, 6.45) is 0. The largest absolute Gasteiger partial charge is 0.367 e. The van der Waals surface area contributed by atoms with Gasteiger partial charge in [-0.1, -0.05) is 54.6 Å². The number of carbonyl (C=O) groups excluding carboxylic acids is 1. The summed E-state index contributed by atoms with van der Waals surface area (Å²) in [6, 6.07) is 25.6. The van der Waals surface area contributed by atoms with E-state index in [2.05, 4.69) is 6.07 Å². The van der Waals surface area contributed by atoms with E-state index < -0.39 is 0 Å². The first-order chi connectivity index (χ1) is 13.2. The van der Waals surface area contributed by atoms with E-state index in [1.54, 1.807) is 11.0 Å². The Hall–Kier alpha value is -3.42. The Morgan fingerprint density at radius 1 is 0.926 bits per heavy atom. The highest BCUT2D eigenvalue weighted by molar-refractivity contribution is 5.96. The number of carbonyl (C=O) groups is 1. The number of benzene rings is 3. The van der Waals surface area contributed by atoms with Crippen LogP contribution in [0.5, 0.6) is 0 Å². The van der Waals surface area contributed by atoms with Crippen LogP contribution < -0.4 is 4.90 Å². The molecule has 0 N–H and O–H groups in total. The van der Waals surface area contributed by atoms with E-state index in [9.17, 15) is 4.79 Å².